The summed E-state index contributed by atoms with van der Waals surface area (Å²) in [5.41, 5.74) is 1.58. The van der Waals surface area contributed by atoms with E-state index >= 15 is 0 Å². The number of fused-ring (bicyclic) bond motifs is 1. The van der Waals surface area contributed by atoms with Crippen molar-refractivity contribution in [2.45, 2.75) is 12.5 Å². The molecule has 0 unspecified atom stereocenters. The van der Waals surface area contributed by atoms with Crippen LogP contribution >= 0.6 is 46.1 Å². The van der Waals surface area contributed by atoms with E-state index in [4.69, 9.17) is 34.8 Å². The van der Waals surface area contributed by atoms with E-state index in [1.54, 1.807) is 51.6 Å². The first kappa shape index (κ1) is 28.4. The molecule has 9 nitrogen and oxygen atoms in total. The van der Waals surface area contributed by atoms with Crippen LogP contribution in [0.2, 0.25) is 15.1 Å². The predicted molar refractivity (Wildman–Crippen MR) is 156 cm³/mol. The predicted octanol–water partition coefficient (Wildman–Crippen LogP) is 3.83. The summed E-state index contributed by atoms with van der Waals surface area (Å²) in [5.74, 6) is -1.60. The van der Waals surface area contributed by atoms with Gasteiger partial charge in [-0.25, -0.2) is 0 Å². The molecule has 1 fully saturated rings. The Kier molecular flexibility index (Phi) is 8.62. The molecule has 0 saturated carbocycles. The van der Waals surface area contributed by atoms with Crippen LogP contribution in [0.1, 0.15) is 36.0 Å². The molecule has 208 valence electrons. The largest absolute Gasteiger partial charge is 0.349 e. The lowest BCUT2D eigenvalue weighted by Crippen LogP contribution is -2.53. The molecule has 4 amide bonds. The van der Waals surface area contributed by atoms with Crippen molar-refractivity contribution in [2.24, 2.45) is 0 Å². The van der Waals surface area contributed by atoms with Crippen molar-refractivity contribution in [1.29, 1.82) is 0 Å². The standard InChI is InChI=1S/C27H24Cl3N5O4S/c28-16-5-3-15(4-6-16)26(38)35-9-7-17-20(35)12-18(29)22(23(17)30)25(37)33-19(27(39)34-10-8-31-14-34)13-32-24(36)21-2-1-11-40-21/h1-6,11-12,19,31H,7-10,13-14H2,(H,32,36)(H,33,37)/t19-/m0/s1. The van der Waals surface area contributed by atoms with E-state index in [2.05, 4.69) is 16.0 Å². The van der Waals surface area contributed by atoms with Gasteiger partial charge in [-0.05, 0) is 53.8 Å². The fourth-order valence-corrected chi connectivity index (χ4v) is 6.15. The number of benzene rings is 2. The van der Waals surface area contributed by atoms with Crippen LogP contribution in [0, 0.1) is 0 Å². The van der Waals surface area contributed by atoms with E-state index in [0.29, 0.717) is 59.4 Å². The molecule has 3 N–H and O–H groups in total. The van der Waals surface area contributed by atoms with Gasteiger partial charge in [-0.3, -0.25) is 24.5 Å². The lowest BCUT2D eigenvalue weighted by atomic mass is 10.1. The summed E-state index contributed by atoms with van der Waals surface area (Å²) in [6.07, 6.45) is 0.420. The molecule has 3 aromatic rings. The first-order chi connectivity index (χ1) is 19.2. The van der Waals surface area contributed by atoms with Gasteiger partial charge < -0.3 is 20.4 Å². The van der Waals surface area contributed by atoms with Crippen molar-refractivity contribution in [1.82, 2.24) is 20.9 Å². The third-order valence-corrected chi connectivity index (χ3v) is 8.56. The number of anilines is 1. The SMILES string of the molecule is O=C(NC[C@H](NC(=O)c1c(Cl)cc2c(c1Cl)CCN2C(=O)c1ccc(Cl)cc1)C(=O)N1CCNC1)c1cccs1. The van der Waals surface area contributed by atoms with Crippen LogP contribution in [0.15, 0.2) is 47.8 Å². The highest BCUT2D eigenvalue weighted by Gasteiger charge is 2.34. The highest BCUT2D eigenvalue weighted by molar-refractivity contribution is 7.12. The number of nitrogens with one attached hydrogen (secondary N) is 3. The van der Waals surface area contributed by atoms with Gasteiger partial charge in [0.05, 0.1) is 32.8 Å². The number of rotatable bonds is 7. The minimum atomic E-state index is -1.06. The van der Waals surface area contributed by atoms with Crippen molar-refractivity contribution in [3.63, 3.8) is 0 Å². The van der Waals surface area contributed by atoms with Gasteiger partial charge in [0, 0.05) is 36.8 Å². The molecule has 3 heterocycles. The average molecular weight is 621 g/mol. The highest BCUT2D eigenvalue weighted by atomic mass is 35.5. The number of nitrogens with zero attached hydrogens (tertiary/aromatic N) is 2. The molecule has 13 heteroatoms. The number of thiophene rings is 1. The van der Waals surface area contributed by atoms with Crippen molar-refractivity contribution in [2.75, 3.05) is 37.7 Å². The second kappa shape index (κ2) is 12.2. The van der Waals surface area contributed by atoms with Crippen molar-refractivity contribution < 1.29 is 19.2 Å². The van der Waals surface area contributed by atoms with Gasteiger partial charge in [0.25, 0.3) is 17.7 Å². The van der Waals surface area contributed by atoms with Gasteiger partial charge >= 0.3 is 0 Å². The molecule has 40 heavy (non-hydrogen) atoms. The quantitative estimate of drug-likeness (QED) is 0.372. The normalized spacial score (nSPS) is 15.1. The van der Waals surface area contributed by atoms with E-state index in [-0.39, 0.29) is 39.9 Å². The van der Waals surface area contributed by atoms with Crippen LogP contribution in [0.3, 0.4) is 0 Å². The molecule has 0 aliphatic carbocycles. The first-order valence-electron chi connectivity index (χ1n) is 12.4. The molecule has 5 rings (SSSR count). The second-order valence-electron chi connectivity index (χ2n) is 9.23. The summed E-state index contributed by atoms with van der Waals surface area (Å²) >= 11 is 20.5. The Labute approximate surface area is 249 Å². The minimum absolute atomic E-state index is 0.00445. The maximum atomic E-state index is 13.5. The molecule has 0 spiro atoms. The Morgan fingerprint density at radius 2 is 1.80 bits per heavy atom. The maximum absolute atomic E-state index is 13.5. The van der Waals surface area contributed by atoms with Gasteiger partial charge in [0.2, 0.25) is 5.91 Å². The van der Waals surface area contributed by atoms with Crippen LogP contribution in [-0.4, -0.2) is 67.4 Å². The molecular weight excluding hydrogens is 597 g/mol. The van der Waals surface area contributed by atoms with E-state index in [1.165, 1.54) is 17.4 Å². The zero-order valence-electron chi connectivity index (χ0n) is 21.0. The highest BCUT2D eigenvalue weighted by Crippen LogP contribution is 2.40. The summed E-state index contributed by atoms with van der Waals surface area (Å²) in [6.45, 7) is 1.67. The van der Waals surface area contributed by atoms with Gasteiger partial charge in [-0.2, -0.15) is 0 Å². The Morgan fingerprint density at radius 1 is 1.02 bits per heavy atom. The first-order valence-corrected chi connectivity index (χ1v) is 14.5. The monoisotopic (exact) mass is 619 g/mol. The number of carbonyl (C=O) groups excluding carboxylic acids is 4. The molecule has 0 bridgehead atoms. The van der Waals surface area contributed by atoms with Crippen molar-refractivity contribution >= 4 is 75.5 Å². The molecule has 2 aromatic carbocycles. The van der Waals surface area contributed by atoms with E-state index in [1.807, 2.05) is 0 Å². The van der Waals surface area contributed by atoms with Gasteiger partial charge in [-0.15, -0.1) is 11.3 Å². The van der Waals surface area contributed by atoms with Crippen LogP contribution in [0.5, 0.6) is 0 Å². The fraction of sp³-hybridized carbons (Fsp3) is 0.259. The van der Waals surface area contributed by atoms with Crippen molar-refractivity contribution in [3.05, 3.63) is 84.5 Å². The summed E-state index contributed by atoms with van der Waals surface area (Å²) in [5, 5.41) is 11.0. The molecule has 1 saturated heterocycles. The fourth-order valence-electron chi connectivity index (χ4n) is 4.67. The Bertz CT molecular complexity index is 1460. The van der Waals surface area contributed by atoms with E-state index < -0.39 is 11.9 Å². The minimum Gasteiger partial charge on any atom is -0.349 e. The van der Waals surface area contributed by atoms with Crippen LogP contribution in [0.25, 0.3) is 0 Å². The molecule has 1 atom stereocenters. The third kappa shape index (κ3) is 5.82. The molecular formula is C27H24Cl3N5O4S. The number of amides is 4. The lowest BCUT2D eigenvalue weighted by molar-refractivity contribution is -0.132. The number of halogens is 3. The Hall–Kier alpha value is -3.15. The second-order valence-corrected chi connectivity index (χ2v) is 11.4. The van der Waals surface area contributed by atoms with E-state index in [0.717, 1.165) is 0 Å². The number of hydrogen-bond donors (Lipinski definition) is 3. The Morgan fingerprint density at radius 3 is 2.48 bits per heavy atom. The molecule has 0 radical (unpaired) electrons. The molecule has 2 aliphatic heterocycles. The maximum Gasteiger partial charge on any atom is 0.261 e. The van der Waals surface area contributed by atoms with Crippen LogP contribution in [-0.2, 0) is 11.2 Å². The average Bonchev–Trinajstić information content (AvgIpc) is 3.72. The number of hydrogen-bond acceptors (Lipinski definition) is 6. The summed E-state index contributed by atoms with van der Waals surface area (Å²) in [7, 11) is 0. The molecule has 1 aromatic heterocycles. The smallest absolute Gasteiger partial charge is 0.261 e. The van der Waals surface area contributed by atoms with E-state index in [9.17, 15) is 19.2 Å². The number of carbonyl (C=O) groups is 4. The topological polar surface area (TPSA) is 111 Å². The summed E-state index contributed by atoms with van der Waals surface area (Å²) in [4.78, 5) is 56.0. The van der Waals surface area contributed by atoms with Gasteiger partial charge in [0.1, 0.15) is 6.04 Å². The van der Waals surface area contributed by atoms with Gasteiger partial charge in [-0.1, -0.05) is 40.9 Å². The molecule has 2 aliphatic rings. The third-order valence-electron chi connectivity index (χ3n) is 6.72. The van der Waals surface area contributed by atoms with Crippen LogP contribution < -0.4 is 20.9 Å². The van der Waals surface area contributed by atoms with Gasteiger partial charge in [0.15, 0.2) is 0 Å². The van der Waals surface area contributed by atoms with Crippen LogP contribution in [0.4, 0.5) is 5.69 Å². The summed E-state index contributed by atoms with van der Waals surface area (Å²) < 4.78 is 0. The zero-order chi connectivity index (χ0) is 28.4. The zero-order valence-corrected chi connectivity index (χ0v) is 24.1. The Balaban J connectivity index is 1.37. The lowest BCUT2D eigenvalue weighted by Gasteiger charge is -2.24. The summed E-state index contributed by atoms with van der Waals surface area (Å²) in [6, 6.07) is 10.5. The van der Waals surface area contributed by atoms with Crippen molar-refractivity contribution in [3.8, 4) is 0 Å².